The van der Waals surface area contributed by atoms with Crippen LogP contribution in [0.4, 0.5) is 13.2 Å². The topological polar surface area (TPSA) is 127 Å². The molecule has 4 N–H and O–H groups in total. The van der Waals surface area contributed by atoms with Crippen LogP contribution in [-0.2, 0) is 6.18 Å². The predicted molar refractivity (Wildman–Crippen MR) is 90.6 cm³/mol. The van der Waals surface area contributed by atoms with E-state index in [4.69, 9.17) is 5.73 Å². The van der Waals surface area contributed by atoms with Crippen LogP contribution in [0.15, 0.2) is 0 Å². The minimum Gasteiger partial charge on any atom is -0.346 e. The Balaban J connectivity index is 0.00000261. The minimum absolute atomic E-state index is 0. The van der Waals surface area contributed by atoms with Crippen molar-refractivity contribution in [1.82, 2.24) is 35.3 Å². The first-order valence-electron chi connectivity index (χ1n) is 8.24. The van der Waals surface area contributed by atoms with Gasteiger partial charge in [-0.15, -0.1) is 22.6 Å². The Labute approximate surface area is 158 Å². The third-order valence-corrected chi connectivity index (χ3v) is 4.43. The Kier molecular flexibility index (Phi) is 6.42. The fraction of sp³-hybridized carbons (Fsp3) is 0.643. The summed E-state index contributed by atoms with van der Waals surface area (Å²) in [4.78, 5) is 19.8. The number of carbonyl (C=O) groups is 1. The molecule has 13 heteroatoms. The lowest BCUT2D eigenvalue weighted by atomic mass is 9.84. The van der Waals surface area contributed by atoms with E-state index in [-0.39, 0.29) is 42.0 Å². The van der Waals surface area contributed by atoms with Crippen molar-refractivity contribution in [3.63, 3.8) is 0 Å². The van der Waals surface area contributed by atoms with Crippen LogP contribution in [0.25, 0.3) is 5.95 Å². The van der Waals surface area contributed by atoms with Crippen molar-refractivity contribution < 1.29 is 18.0 Å². The van der Waals surface area contributed by atoms with Gasteiger partial charge in [-0.3, -0.25) is 9.89 Å². The van der Waals surface area contributed by atoms with Crippen LogP contribution in [0, 0.1) is 12.8 Å². The van der Waals surface area contributed by atoms with Gasteiger partial charge in [0, 0.05) is 6.04 Å². The summed E-state index contributed by atoms with van der Waals surface area (Å²) in [5.74, 6) is -1.84. The number of nitrogens with two attached hydrogens (primary N) is 1. The first-order chi connectivity index (χ1) is 12.3. The maximum atomic E-state index is 12.6. The van der Waals surface area contributed by atoms with Crippen LogP contribution in [-0.4, -0.2) is 48.4 Å². The molecule has 0 saturated heterocycles. The molecule has 1 aliphatic carbocycles. The third kappa shape index (κ3) is 4.56. The molecular formula is C14H20ClF3N8O. The van der Waals surface area contributed by atoms with Gasteiger partial charge in [-0.05, 0) is 32.2 Å². The van der Waals surface area contributed by atoms with E-state index >= 15 is 0 Å². The number of halogens is 4. The molecule has 27 heavy (non-hydrogen) atoms. The Morgan fingerprint density at radius 1 is 1.33 bits per heavy atom. The zero-order valence-corrected chi connectivity index (χ0v) is 15.3. The van der Waals surface area contributed by atoms with Gasteiger partial charge >= 0.3 is 6.18 Å². The molecule has 2 aromatic heterocycles. The van der Waals surface area contributed by atoms with Gasteiger partial charge in [0.25, 0.3) is 11.9 Å². The van der Waals surface area contributed by atoms with Gasteiger partial charge in [0.15, 0.2) is 0 Å². The van der Waals surface area contributed by atoms with Crippen LogP contribution < -0.4 is 11.1 Å². The summed E-state index contributed by atoms with van der Waals surface area (Å²) < 4.78 is 38.9. The second-order valence-corrected chi connectivity index (χ2v) is 6.24. The van der Waals surface area contributed by atoms with Crippen LogP contribution in [0.2, 0.25) is 0 Å². The number of aryl methyl sites for hydroxylation is 1. The summed E-state index contributed by atoms with van der Waals surface area (Å²) in [6.07, 6.45) is -0.812. The number of aromatic nitrogens is 6. The number of nitrogens with zero attached hydrogens (tertiary/aromatic N) is 5. The lowest BCUT2D eigenvalue weighted by Gasteiger charge is -2.30. The summed E-state index contributed by atoms with van der Waals surface area (Å²) in [5, 5.41) is 12.1. The summed E-state index contributed by atoms with van der Waals surface area (Å²) in [7, 11) is 0. The van der Waals surface area contributed by atoms with Crippen LogP contribution in [0.3, 0.4) is 0 Å². The Morgan fingerprint density at radius 2 is 2.04 bits per heavy atom. The van der Waals surface area contributed by atoms with Crippen LogP contribution in [0.1, 0.15) is 48.0 Å². The summed E-state index contributed by atoms with van der Waals surface area (Å²) in [6, 6.07) is -0.0613. The molecule has 2 aromatic rings. The molecule has 0 aliphatic heterocycles. The van der Waals surface area contributed by atoms with Gasteiger partial charge in [0.2, 0.25) is 11.6 Å². The van der Waals surface area contributed by atoms with E-state index in [9.17, 15) is 18.0 Å². The highest BCUT2D eigenvalue weighted by Gasteiger charge is 2.36. The molecule has 1 amide bonds. The van der Waals surface area contributed by atoms with Gasteiger partial charge < -0.3 is 11.1 Å². The molecule has 2 unspecified atom stereocenters. The fourth-order valence-corrected chi connectivity index (χ4v) is 3.06. The number of hydrogen-bond donors (Lipinski definition) is 3. The number of aromatic amines is 1. The van der Waals surface area contributed by atoms with Crippen molar-refractivity contribution in [1.29, 1.82) is 0 Å². The minimum atomic E-state index is -4.65. The SMILES string of the molecule is Cc1nc(C(=O)NC2CCCCC2CN)nn1-c1n[nH]c(C(F)(F)F)n1.Cl. The first-order valence-corrected chi connectivity index (χ1v) is 8.24. The Hall–Kier alpha value is -2.21. The smallest absolute Gasteiger partial charge is 0.346 e. The van der Waals surface area contributed by atoms with Crippen LogP contribution in [0.5, 0.6) is 0 Å². The number of amides is 1. The zero-order chi connectivity index (χ0) is 18.9. The molecule has 0 spiro atoms. The molecule has 2 atom stereocenters. The second kappa shape index (κ2) is 8.21. The normalized spacial score (nSPS) is 20.2. The first kappa shape index (κ1) is 21.1. The standard InChI is InChI=1S/C14H19F3N8O.ClH/c1-7-19-10(11(26)20-9-5-3-2-4-8(9)6-18)24-25(7)13-21-12(22-23-13)14(15,16)17;/h8-9H,2-6,18H2,1H3,(H,20,26)(H,21,22,23);1H. The molecule has 0 radical (unpaired) electrons. The summed E-state index contributed by atoms with van der Waals surface area (Å²) in [5.41, 5.74) is 5.75. The Morgan fingerprint density at radius 3 is 2.67 bits per heavy atom. The van der Waals surface area contributed by atoms with E-state index < -0.39 is 17.9 Å². The Bertz CT molecular complexity index is 790. The number of H-pyrrole nitrogens is 1. The van der Waals surface area contributed by atoms with Crippen molar-refractivity contribution in [3.8, 4) is 5.95 Å². The largest absolute Gasteiger partial charge is 0.451 e. The molecule has 150 valence electrons. The van der Waals surface area contributed by atoms with Gasteiger partial charge in [0.05, 0.1) is 0 Å². The summed E-state index contributed by atoms with van der Waals surface area (Å²) in [6.45, 7) is 1.97. The number of nitrogens with one attached hydrogen (secondary N) is 2. The number of carbonyl (C=O) groups excluding carboxylic acids is 1. The molecule has 0 aromatic carbocycles. The zero-order valence-electron chi connectivity index (χ0n) is 14.5. The van der Waals surface area contributed by atoms with Gasteiger partial charge in [-0.2, -0.15) is 22.8 Å². The van der Waals surface area contributed by atoms with Crippen molar-refractivity contribution in [2.45, 2.75) is 44.8 Å². The molecular weight excluding hydrogens is 389 g/mol. The average molecular weight is 409 g/mol. The molecule has 1 fully saturated rings. The lowest BCUT2D eigenvalue weighted by molar-refractivity contribution is -0.144. The molecule has 0 bridgehead atoms. The third-order valence-electron chi connectivity index (χ3n) is 4.43. The maximum Gasteiger partial charge on any atom is 0.451 e. The molecule has 1 aliphatic rings. The van der Waals surface area contributed by atoms with Crippen molar-refractivity contribution in [2.24, 2.45) is 11.7 Å². The monoisotopic (exact) mass is 408 g/mol. The molecule has 2 heterocycles. The van der Waals surface area contributed by atoms with Crippen LogP contribution >= 0.6 is 12.4 Å². The highest BCUT2D eigenvalue weighted by atomic mass is 35.5. The quantitative estimate of drug-likeness (QED) is 0.701. The van der Waals surface area contributed by atoms with Crippen molar-refractivity contribution in [2.75, 3.05) is 6.54 Å². The molecule has 9 nitrogen and oxygen atoms in total. The van der Waals surface area contributed by atoms with E-state index in [0.29, 0.717) is 6.54 Å². The van der Waals surface area contributed by atoms with Gasteiger partial charge in [0.1, 0.15) is 5.82 Å². The highest BCUT2D eigenvalue weighted by Crippen LogP contribution is 2.26. The molecule has 1 saturated carbocycles. The highest BCUT2D eigenvalue weighted by molar-refractivity contribution is 5.90. The average Bonchev–Trinajstić information content (AvgIpc) is 3.21. The van der Waals surface area contributed by atoms with Crippen molar-refractivity contribution >= 4 is 18.3 Å². The lowest BCUT2D eigenvalue weighted by Crippen LogP contribution is -2.45. The summed E-state index contributed by atoms with van der Waals surface area (Å²) >= 11 is 0. The maximum absolute atomic E-state index is 12.6. The van der Waals surface area contributed by atoms with E-state index in [1.807, 2.05) is 0 Å². The number of hydrogen-bond acceptors (Lipinski definition) is 6. The van der Waals surface area contributed by atoms with Crippen molar-refractivity contribution in [3.05, 3.63) is 17.5 Å². The van der Waals surface area contributed by atoms with Gasteiger partial charge in [-0.25, -0.2) is 4.98 Å². The number of alkyl halides is 3. The van der Waals surface area contributed by atoms with E-state index in [1.165, 1.54) is 6.92 Å². The second-order valence-electron chi connectivity index (χ2n) is 6.24. The number of rotatable bonds is 4. The van der Waals surface area contributed by atoms with E-state index in [0.717, 1.165) is 30.4 Å². The predicted octanol–water partition coefficient (Wildman–Crippen LogP) is 1.38. The van der Waals surface area contributed by atoms with E-state index in [2.05, 4.69) is 25.5 Å². The van der Waals surface area contributed by atoms with E-state index in [1.54, 1.807) is 5.10 Å². The molecule has 3 rings (SSSR count). The van der Waals surface area contributed by atoms with Gasteiger partial charge in [-0.1, -0.05) is 12.8 Å². The fourth-order valence-electron chi connectivity index (χ4n) is 3.06.